The molecule has 14 atom stereocenters. The SMILES string of the molecule is COC(=O)CC[C@@H]1NC(=O)[C@H](Cc2ccccc2)NC(=O)[C@H](CC(=O)O)NC(=O)[C@H](CO)NC(=O)[C@@H]2CCCN2C(=O)[C@H](Cc2ccc(O)cc2)NC(=O)[C@@H](NC(=O)[C@H](Cc2ccc(O)cc2)NC(=O)[C@@H](NC(=O)[C@H](CO)NC(=O)[C@H](Cc2ccccc2)NC(C)=O)[C@@H](C)O)CCCCNC(=O)CC[C@@H](C(=O)N[C@@H](Cc2ccccc2)C(=O)O)NC1=O. The number of phenolic OH excluding ortho intramolecular Hbond substituents is 2. The van der Waals surface area contributed by atoms with Crippen LogP contribution in [0.4, 0.5) is 0 Å². The Balaban J connectivity index is 1.26. The Bertz CT molecular complexity index is 4470. The normalized spacial score (nSPS) is 20.9. The molecule has 20 N–H and O–H groups in total. The van der Waals surface area contributed by atoms with Gasteiger partial charge in [-0.1, -0.05) is 115 Å². The molecule has 122 heavy (non-hydrogen) atoms. The number of fused-ring (bicyclic) bond motifs is 1. The fourth-order valence-electron chi connectivity index (χ4n) is 13.4. The summed E-state index contributed by atoms with van der Waals surface area (Å²) in [6, 6.07) is 12.0. The molecule has 5 aromatic carbocycles. The number of aliphatic hydroxyl groups is 3. The van der Waals surface area contributed by atoms with Crippen LogP contribution in [-0.2, 0) is 118 Å². The van der Waals surface area contributed by atoms with E-state index in [4.69, 9.17) is 4.74 Å². The Kier molecular flexibility index (Phi) is 37.6. The van der Waals surface area contributed by atoms with Gasteiger partial charge in [0.05, 0.1) is 32.8 Å². The van der Waals surface area contributed by atoms with Gasteiger partial charge in [0.25, 0.3) is 0 Å². The third-order valence-corrected chi connectivity index (χ3v) is 20.0. The van der Waals surface area contributed by atoms with Crippen molar-refractivity contribution < 1.29 is 122 Å². The zero-order valence-corrected chi connectivity index (χ0v) is 67.2. The van der Waals surface area contributed by atoms with E-state index < -0.39 is 250 Å². The Labute approximate surface area is 700 Å². The lowest BCUT2D eigenvalue weighted by atomic mass is 10.0. The van der Waals surface area contributed by atoms with Crippen molar-refractivity contribution >= 4 is 101 Å². The first-order valence-electron chi connectivity index (χ1n) is 39.5. The van der Waals surface area contributed by atoms with E-state index in [1.807, 2.05) is 0 Å². The Morgan fingerprint density at radius 2 is 0.992 bits per heavy atom. The summed E-state index contributed by atoms with van der Waals surface area (Å²) in [5.41, 5.74) is 2.01. The van der Waals surface area contributed by atoms with Crippen LogP contribution in [0.2, 0.25) is 0 Å². The molecule has 2 heterocycles. The number of carbonyl (C=O) groups is 17. The van der Waals surface area contributed by atoms with Gasteiger partial charge < -0.3 is 115 Å². The van der Waals surface area contributed by atoms with E-state index >= 15 is 14.4 Å². The first-order valence-corrected chi connectivity index (χ1v) is 39.5. The van der Waals surface area contributed by atoms with Gasteiger partial charge in [-0.3, -0.25) is 76.7 Å². The van der Waals surface area contributed by atoms with Crippen molar-refractivity contribution in [1.82, 2.24) is 74.0 Å². The van der Waals surface area contributed by atoms with E-state index in [2.05, 4.69) is 69.1 Å². The molecule has 7 rings (SSSR count). The third-order valence-electron chi connectivity index (χ3n) is 20.0. The molecule has 656 valence electrons. The molecule has 0 radical (unpaired) electrons. The van der Waals surface area contributed by atoms with Gasteiger partial charge in [-0.05, 0) is 104 Å². The number of phenols is 2. The lowest BCUT2D eigenvalue weighted by Crippen LogP contribution is -2.62. The smallest absolute Gasteiger partial charge is 0.326 e. The highest BCUT2D eigenvalue weighted by Crippen LogP contribution is 2.23. The second kappa shape index (κ2) is 48.0. The van der Waals surface area contributed by atoms with Gasteiger partial charge in [0.2, 0.25) is 82.7 Å². The summed E-state index contributed by atoms with van der Waals surface area (Å²) in [5, 5.41) is 105. The molecule has 5 aromatic rings. The molecule has 14 amide bonds. The van der Waals surface area contributed by atoms with Crippen LogP contribution in [0.1, 0.15) is 106 Å². The fourth-order valence-corrected chi connectivity index (χ4v) is 13.4. The molecule has 39 nitrogen and oxygen atoms in total. The minimum Gasteiger partial charge on any atom is -0.508 e. The van der Waals surface area contributed by atoms with Crippen molar-refractivity contribution in [2.45, 2.75) is 195 Å². The number of carboxylic acid groups (broad SMARTS) is 2. The Morgan fingerprint density at radius 1 is 0.500 bits per heavy atom. The number of carbonyl (C=O) groups excluding carboxylic acids is 15. The first kappa shape index (κ1) is 95.7. The van der Waals surface area contributed by atoms with Crippen molar-refractivity contribution in [2.75, 3.05) is 33.4 Å². The van der Waals surface area contributed by atoms with Gasteiger partial charge in [0.1, 0.15) is 90.0 Å². The molecule has 0 aliphatic carbocycles. The minimum absolute atomic E-state index is 0.0354. The summed E-state index contributed by atoms with van der Waals surface area (Å²) in [4.78, 5) is 241. The van der Waals surface area contributed by atoms with E-state index in [9.17, 15) is 103 Å². The van der Waals surface area contributed by atoms with Crippen LogP contribution in [0.5, 0.6) is 11.5 Å². The maximum atomic E-state index is 15.3. The number of nitrogens with zero attached hydrogens (tertiary/aromatic N) is 1. The van der Waals surface area contributed by atoms with Crippen LogP contribution in [0.15, 0.2) is 140 Å². The van der Waals surface area contributed by atoms with Gasteiger partial charge in [0.15, 0.2) is 0 Å². The molecular formula is C83H104N14O25. The lowest BCUT2D eigenvalue weighted by Gasteiger charge is -2.31. The highest BCUT2D eigenvalue weighted by Gasteiger charge is 2.43. The number of methoxy groups -OCH3 is 1. The molecular weight excluding hydrogens is 1590 g/mol. The largest absolute Gasteiger partial charge is 0.508 e. The monoisotopic (exact) mass is 1700 g/mol. The number of rotatable bonds is 30. The highest BCUT2D eigenvalue weighted by atomic mass is 16.5. The van der Waals surface area contributed by atoms with Gasteiger partial charge in [-0.2, -0.15) is 0 Å². The molecule has 2 aliphatic heterocycles. The van der Waals surface area contributed by atoms with E-state index in [0.29, 0.717) is 22.3 Å². The summed E-state index contributed by atoms with van der Waals surface area (Å²) in [6.07, 6.45) is -7.45. The van der Waals surface area contributed by atoms with Gasteiger partial charge in [0, 0.05) is 65.0 Å². The van der Waals surface area contributed by atoms with Gasteiger partial charge >= 0.3 is 17.9 Å². The second-order valence-electron chi connectivity index (χ2n) is 29.4. The second-order valence-corrected chi connectivity index (χ2v) is 29.4. The quantitative estimate of drug-likeness (QED) is 0.0198. The molecule has 2 aliphatic rings. The standard InChI is InChI=1S/C83H104N14O25/c1-46(100)70(96-79(116)65(45-99)94-74(111)58(85-47(2)101)38-48-16-7-4-8-17-48)81(118)91-60(40-51-24-28-53(102)29-25-51)76(113)86-55-22-13-14-36-84-67(104)34-32-56(73(110)93-63(83(120)121)42-50-20-11-6-12-21-50)87-72(109)57(33-35-69(107)122-3)88-75(112)59(39-49-18-9-5-10-19-49)89-77(114)61(43-68(105)106)90-78(115)64(44-98)95-80(117)66-23-15-37-97(66)82(119)62(92-71(55)108)41-52-26-30-54(103)31-27-52/h4-12,16-21,24-31,46,55-66,70,98-100,102-103H,13-15,22-23,32-45H2,1-3H3,(H,84,104)(H,85,101)(H,86,113)(H,87,109)(H,88,112)(H,89,114)(H,90,115)(H,91,118)(H,92,108)(H,93,110)(H,94,111)(H,95,117)(H,96,116)(H,105,106)(H,120,121)/t46-,55+,56+,57+,58+,59+,60+,61+,62+,63+,64+,65+,66+,70+/m1/s1. The summed E-state index contributed by atoms with van der Waals surface area (Å²) in [7, 11) is 1.03. The van der Waals surface area contributed by atoms with Crippen LogP contribution in [0.25, 0.3) is 0 Å². The van der Waals surface area contributed by atoms with E-state index in [1.54, 1.807) is 91.0 Å². The Morgan fingerprint density at radius 3 is 1.56 bits per heavy atom. The number of hydrogen-bond donors (Lipinski definition) is 20. The molecule has 0 bridgehead atoms. The summed E-state index contributed by atoms with van der Waals surface area (Å²) >= 11 is 0. The molecule has 2 saturated heterocycles. The number of aromatic hydroxyl groups is 2. The maximum Gasteiger partial charge on any atom is 0.326 e. The van der Waals surface area contributed by atoms with Gasteiger partial charge in [-0.15, -0.1) is 0 Å². The number of benzene rings is 5. The highest BCUT2D eigenvalue weighted by molar-refractivity contribution is 6.01. The number of nitrogens with one attached hydrogen (secondary N) is 13. The molecule has 0 aromatic heterocycles. The summed E-state index contributed by atoms with van der Waals surface area (Å²) in [6.45, 7) is -0.457. The average molecular weight is 1700 g/mol. The zero-order valence-electron chi connectivity index (χ0n) is 67.2. The van der Waals surface area contributed by atoms with E-state index in [1.165, 1.54) is 48.5 Å². The topological polar surface area (TPSA) is 601 Å². The van der Waals surface area contributed by atoms with Crippen LogP contribution in [0, 0.1) is 0 Å². The number of aliphatic hydroxyl groups excluding tert-OH is 3. The van der Waals surface area contributed by atoms with Crippen LogP contribution in [0.3, 0.4) is 0 Å². The molecule has 0 saturated carbocycles. The van der Waals surface area contributed by atoms with Crippen LogP contribution >= 0.6 is 0 Å². The van der Waals surface area contributed by atoms with E-state index in [0.717, 1.165) is 25.9 Å². The predicted molar refractivity (Wildman–Crippen MR) is 431 cm³/mol. The first-order chi connectivity index (χ1) is 58.2. The molecule has 0 spiro atoms. The van der Waals surface area contributed by atoms with E-state index in [-0.39, 0.29) is 75.1 Å². The molecule has 0 unspecified atom stereocenters. The minimum atomic E-state index is -2.11. The average Bonchev–Trinajstić information content (AvgIpc) is 1.63. The number of carboxylic acids is 2. The Hall–Kier alpha value is -13.4. The number of aliphatic carboxylic acids is 2. The number of ether oxygens (including phenoxy) is 1. The van der Waals surface area contributed by atoms with Crippen LogP contribution < -0.4 is 69.1 Å². The van der Waals surface area contributed by atoms with Crippen molar-refractivity contribution in [3.05, 3.63) is 167 Å². The van der Waals surface area contributed by atoms with Crippen LogP contribution in [-0.4, -0.2) is 259 Å². The zero-order chi connectivity index (χ0) is 89.1. The molecule has 39 heteroatoms. The fraction of sp³-hybridized carbons (Fsp3) is 0.434. The summed E-state index contributed by atoms with van der Waals surface area (Å²) < 4.78 is 4.81. The van der Waals surface area contributed by atoms with Crippen molar-refractivity contribution in [1.29, 1.82) is 0 Å². The maximum absolute atomic E-state index is 15.3. The van der Waals surface area contributed by atoms with Crippen molar-refractivity contribution in [2.24, 2.45) is 0 Å². The number of hydrogen-bond acceptors (Lipinski definition) is 23. The molecule has 2 fully saturated rings. The number of esters is 1. The predicted octanol–water partition coefficient (Wildman–Crippen LogP) is -3.60. The van der Waals surface area contributed by atoms with Crippen molar-refractivity contribution in [3.8, 4) is 11.5 Å². The number of amides is 14. The lowest BCUT2D eigenvalue weighted by molar-refractivity contribution is -0.143. The third kappa shape index (κ3) is 30.7. The summed E-state index contributed by atoms with van der Waals surface area (Å²) in [5.74, 6) is -19.8. The van der Waals surface area contributed by atoms with Crippen molar-refractivity contribution in [3.63, 3.8) is 0 Å². The van der Waals surface area contributed by atoms with Gasteiger partial charge in [-0.25, -0.2) is 4.79 Å².